The first-order valence-corrected chi connectivity index (χ1v) is 13.6. The van der Waals surface area contributed by atoms with Crippen LogP contribution in [0.5, 0.6) is 11.5 Å². The highest BCUT2D eigenvalue weighted by Crippen LogP contribution is 2.42. The molecule has 242 valence electrons. The number of halogens is 2. The molecule has 3 rings (SSSR count). The molecule has 1 aliphatic rings. The van der Waals surface area contributed by atoms with Crippen molar-refractivity contribution < 1.29 is 39.9 Å². The van der Waals surface area contributed by atoms with Crippen LogP contribution in [0.3, 0.4) is 0 Å². The topological polar surface area (TPSA) is 226 Å². The Morgan fingerprint density at radius 3 is 1.47 bits per heavy atom. The van der Waals surface area contributed by atoms with Crippen molar-refractivity contribution in [3.05, 3.63) is 46.5 Å². The summed E-state index contributed by atoms with van der Waals surface area (Å²) in [5, 5.41) is 58.7. The van der Waals surface area contributed by atoms with Gasteiger partial charge in [-0.1, -0.05) is 6.42 Å². The minimum Gasteiger partial charge on any atom is -0.507 e. The Bertz CT molecular complexity index is 1110. The van der Waals surface area contributed by atoms with Crippen LogP contribution in [-0.4, -0.2) is 102 Å². The average molecular weight is 649 g/mol. The van der Waals surface area contributed by atoms with Crippen molar-refractivity contribution in [1.82, 2.24) is 10.6 Å². The molecule has 15 heteroatoms. The van der Waals surface area contributed by atoms with E-state index in [1.165, 1.54) is 12.1 Å². The lowest BCUT2D eigenvalue weighted by molar-refractivity contribution is -0.137. The van der Waals surface area contributed by atoms with Crippen molar-refractivity contribution in [2.24, 2.45) is 5.73 Å². The largest absolute Gasteiger partial charge is 0.507 e. The molecule has 1 aliphatic carbocycles. The number of unbranched alkanes of at least 4 members (excludes halogenated alkanes) is 2. The zero-order valence-corrected chi connectivity index (χ0v) is 25.5. The maximum absolute atomic E-state index is 13.4. The second kappa shape index (κ2) is 21.5. The number of nitrogens with one attached hydrogen (secondary N) is 4. The number of fused-ring (bicyclic) bond motifs is 2. The summed E-state index contributed by atoms with van der Waals surface area (Å²) < 4.78 is 0. The Morgan fingerprint density at radius 2 is 1.09 bits per heavy atom. The number of hydrogen-bond acceptors (Lipinski definition) is 12. The molecule has 0 amide bonds. The molecular weight excluding hydrogens is 605 g/mol. The second-order valence-electron chi connectivity index (χ2n) is 9.22. The number of nitrogens with two attached hydrogens (primary N) is 1. The molecule has 0 spiro atoms. The number of carboxylic acid groups (broad SMARTS) is 1. The number of phenols is 2. The number of anilines is 2. The van der Waals surface area contributed by atoms with Crippen molar-refractivity contribution in [2.45, 2.75) is 25.7 Å². The zero-order valence-electron chi connectivity index (χ0n) is 23.9. The van der Waals surface area contributed by atoms with Crippen LogP contribution < -0.4 is 27.0 Å². The fourth-order valence-corrected chi connectivity index (χ4v) is 4.24. The molecule has 0 saturated carbocycles. The summed E-state index contributed by atoms with van der Waals surface area (Å²) >= 11 is 0. The normalized spacial score (nSPS) is 11.2. The maximum Gasteiger partial charge on any atom is 0.303 e. The number of phenolic OH excluding ortho intramolecular Hbond substituents is 2. The third-order valence-corrected chi connectivity index (χ3v) is 6.18. The van der Waals surface area contributed by atoms with Gasteiger partial charge in [-0.3, -0.25) is 14.4 Å². The van der Waals surface area contributed by atoms with Gasteiger partial charge in [-0.05, 0) is 43.7 Å². The average Bonchev–Trinajstić information content (AvgIpc) is 2.95. The summed E-state index contributed by atoms with van der Waals surface area (Å²) in [6, 6.07) is 5.74. The molecule has 0 saturated heterocycles. The number of ketones is 2. The summed E-state index contributed by atoms with van der Waals surface area (Å²) in [6.07, 6.45) is 2.91. The van der Waals surface area contributed by atoms with Crippen LogP contribution in [0.1, 0.15) is 57.5 Å². The van der Waals surface area contributed by atoms with E-state index in [1.54, 1.807) is 12.1 Å². The van der Waals surface area contributed by atoms with Gasteiger partial charge in [0.05, 0.1) is 35.5 Å². The molecule has 2 aromatic carbocycles. The molecule has 43 heavy (non-hydrogen) atoms. The predicted octanol–water partition coefficient (Wildman–Crippen LogP) is 1.29. The smallest absolute Gasteiger partial charge is 0.303 e. The van der Waals surface area contributed by atoms with Crippen molar-refractivity contribution in [2.75, 3.05) is 69.7 Å². The quantitative estimate of drug-likeness (QED) is 0.0737. The lowest BCUT2D eigenvalue weighted by Gasteiger charge is -2.25. The molecule has 0 aliphatic heterocycles. The lowest BCUT2D eigenvalue weighted by Crippen LogP contribution is -2.28. The van der Waals surface area contributed by atoms with Crippen molar-refractivity contribution in [3.63, 3.8) is 0 Å². The van der Waals surface area contributed by atoms with Gasteiger partial charge in [0.1, 0.15) is 11.5 Å². The van der Waals surface area contributed by atoms with Crippen LogP contribution in [0.15, 0.2) is 24.3 Å². The molecule has 0 atom stereocenters. The molecule has 0 unspecified atom stereocenters. The van der Waals surface area contributed by atoms with E-state index in [0.717, 1.165) is 19.3 Å². The summed E-state index contributed by atoms with van der Waals surface area (Å²) in [7, 11) is 0. The molecule has 0 fully saturated rings. The second-order valence-corrected chi connectivity index (χ2v) is 9.22. The number of benzene rings is 2. The minimum atomic E-state index is -0.716. The van der Waals surface area contributed by atoms with Crippen LogP contribution in [-0.2, 0) is 4.79 Å². The van der Waals surface area contributed by atoms with Gasteiger partial charge in [-0.2, -0.15) is 0 Å². The Morgan fingerprint density at radius 1 is 0.651 bits per heavy atom. The van der Waals surface area contributed by atoms with E-state index in [0.29, 0.717) is 57.2 Å². The van der Waals surface area contributed by atoms with Crippen molar-refractivity contribution in [3.8, 4) is 11.5 Å². The van der Waals surface area contributed by atoms with Crippen LogP contribution in [0.4, 0.5) is 11.4 Å². The van der Waals surface area contributed by atoms with E-state index in [2.05, 4.69) is 21.3 Å². The molecular formula is C28H43Cl2N5O8. The molecule has 0 aromatic heterocycles. The van der Waals surface area contributed by atoms with Crippen LogP contribution in [0, 0.1) is 0 Å². The lowest BCUT2D eigenvalue weighted by atomic mass is 9.81. The highest BCUT2D eigenvalue weighted by molar-refractivity contribution is 6.33. The monoisotopic (exact) mass is 647 g/mol. The number of carboxylic acids is 1. The van der Waals surface area contributed by atoms with E-state index in [1.807, 2.05) is 0 Å². The van der Waals surface area contributed by atoms with E-state index in [4.69, 9.17) is 21.1 Å². The van der Waals surface area contributed by atoms with Crippen LogP contribution in [0.25, 0.3) is 0 Å². The summed E-state index contributed by atoms with van der Waals surface area (Å²) in [6.45, 7) is 3.48. The number of aliphatic carboxylic acids is 1. The van der Waals surface area contributed by atoms with E-state index in [-0.39, 0.29) is 78.2 Å². The fraction of sp³-hybridized carbons (Fsp3) is 0.464. The number of hydrogen-bond donors (Lipinski definition) is 10. The van der Waals surface area contributed by atoms with Gasteiger partial charge in [-0.25, -0.2) is 0 Å². The van der Waals surface area contributed by atoms with E-state index in [9.17, 15) is 24.6 Å². The fourth-order valence-electron chi connectivity index (χ4n) is 4.24. The Labute approximate surface area is 263 Å². The first-order chi connectivity index (χ1) is 19.8. The highest BCUT2D eigenvalue weighted by Gasteiger charge is 2.37. The third-order valence-electron chi connectivity index (χ3n) is 6.18. The number of aliphatic hydroxyl groups excluding tert-OH is 2. The van der Waals surface area contributed by atoms with Crippen molar-refractivity contribution in [1.29, 1.82) is 0 Å². The number of rotatable bonds is 17. The Kier molecular flexibility index (Phi) is 19.9. The number of carbonyl (C=O) groups is 3. The Balaban J connectivity index is 0.00000140. The standard InChI is InChI=1S/C22H28N4O6.C6H13NO2.2ClH/c27-11-9-23-5-7-25-13-1-2-14(26-8-6-24-10-12-28)18-17(13)21(31)19-15(29)3-4-16(30)20(19)22(18)32;7-5-3-1-2-4-6(8)9;;/h1-4,23-30H,5-12H2;1-5,7H2,(H,8,9);2*1H. The third kappa shape index (κ3) is 11.8. The SMILES string of the molecule is Cl.Cl.NCCCCCC(=O)O.O=C1c2c(O)ccc(O)c2C(=O)c2c(NCCNCCO)ccc(NCCNCCO)c21. The van der Waals surface area contributed by atoms with Gasteiger partial charge in [0.15, 0.2) is 0 Å². The first-order valence-electron chi connectivity index (χ1n) is 13.6. The van der Waals surface area contributed by atoms with Gasteiger partial charge in [0.25, 0.3) is 0 Å². The van der Waals surface area contributed by atoms with E-state index >= 15 is 0 Å². The zero-order chi connectivity index (χ0) is 30.2. The number of aromatic hydroxyl groups is 2. The molecule has 0 heterocycles. The van der Waals surface area contributed by atoms with E-state index < -0.39 is 17.5 Å². The van der Waals surface area contributed by atoms with Gasteiger partial charge < -0.3 is 52.5 Å². The van der Waals surface area contributed by atoms with Crippen LogP contribution >= 0.6 is 24.8 Å². The Hall–Kier alpha value is -3.17. The number of aliphatic hydroxyl groups is 2. The van der Waals surface area contributed by atoms with Gasteiger partial charge in [0, 0.05) is 57.1 Å². The van der Waals surface area contributed by atoms with Gasteiger partial charge >= 0.3 is 5.97 Å². The maximum atomic E-state index is 13.4. The van der Waals surface area contributed by atoms with Gasteiger partial charge in [-0.15, -0.1) is 24.8 Å². The molecule has 2 aromatic rings. The highest BCUT2D eigenvalue weighted by atomic mass is 35.5. The van der Waals surface area contributed by atoms with Crippen molar-refractivity contribution >= 4 is 53.7 Å². The first kappa shape index (κ1) is 39.8. The summed E-state index contributed by atoms with van der Waals surface area (Å²) in [5.41, 5.74) is 5.88. The minimum absolute atomic E-state index is 0. The molecule has 0 radical (unpaired) electrons. The van der Waals surface area contributed by atoms with Crippen LogP contribution in [0.2, 0.25) is 0 Å². The summed E-state index contributed by atoms with van der Waals surface area (Å²) in [5.74, 6) is -2.58. The predicted molar refractivity (Wildman–Crippen MR) is 170 cm³/mol. The molecule has 11 N–H and O–H groups in total. The van der Waals surface area contributed by atoms with Gasteiger partial charge in [0.2, 0.25) is 11.6 Å². The number of carbonyl (C=O) groups excluding carboxylic acids is 2. The molecule has 0 bridgehead atoms. The molecule has 13 nitrogen and oxygen atoms in total. The summed E-state index contributed by atoms with van der Waals surface area (Å²) in [4.78, 5) is 36.7.